The number of aliphatic imine (C=N–C) groups is 1. The summed E-state index contributed by atoms with van der Waals surface area (Å²) in [4.78, 5) is 20.1. The van der Waals surface area contributed by atoms with E-state index in [2.05, 4.69) is 44.4 Å². The van der Waals surface area contributed by atoms with Gasteiger partial charge < -0.3 is 4.90 Å². The molecule has 0 spiro atoms. The van der Waals surface area contributed by atoms with Gasteiger partial charge in [-0.15, -0.1) is 0 Å². The quantitative estimate of drug-likeness (QED) is 0.259. The second kappa shape index (κ2) is 12.6. The number of benzene rings is 2. The molecule has 4 heteroatoms. The van der Waals surface area contributed by atoms with Crippen molar-refractivity contribution in [1.82, 2.24) is 4.90 Å². The Morgan fingerprint density at radius 1 is 1.03 bits per heavy atom. The van der Waals surface area contributed by atoms with Gasteiger partial charge in [-0.2, -0.15) is 0 Å². The van der Waals surface area contributed by atoms with Crippen LogP contribution in [0.1, 0.15) is 82.3 Å². The molecule has 0 saturated carbocycles. The Morgan fingerprint density at radius 3 is 2.24 bits per heavy atom. The van der Waals surface area contributed by atoms with Gasteiger partial charge in [0.05, 0.1) is 0 Å². The second-order valence-electron chi connectivity index (χ2n) is 9.83. The number of carbonyl (C=O) groups excluding carboxylic acids is 1. The van der Waals surface area contributed by atoms with E-state index in [-0.39, 0.29) is 22.9 Å². The normalized spacial score (nSPS) is 16.9. The van der Waals surface area contributed by atoms with Crippen molar-refractivity contribution in [3.05, 3.63) is 83.3 Å². The fraction of sp³-hybridized carbons (Fsp3) is 0.467. The van der Waals surface area contributed by atoms with Gasteiger partial charge in [-0.05, 0) is 54.9 Å². The first-order chi connectivity index (χ1) is 16.1. The number of ketones is 1. The van der Waals surface area contributed by atoms with Gasteiger partial charge >= 0.3 is 0 Å². The number of hydrogen-bond donors (Lipinski definition) is 0. The maximum Gasteiger partial charge on any atom is 0.166 e. The third-order valence-corrected chi connectivity index (χ3v) is 6.23. The monoisotopic (exact) mass is 464 g/mol. The van der Waals surface area contributed by atoms with Crippen LogP contribution in [0, 0.1) is 11.7 Å². The first kappa shape index (κ1) is 27.5. The molecule has 2 aromatic carbocycles. The van der Waals surface area contributed by atoms with Crippen LogP contribution in [-0.4, -0.2) is 29.6 Å². The summed E-state index contributed by atoms with van der Waals surface area (Å²) in [5, 5.41) is 0. The molecule has 3 rings (SSSR count). The summed E-state index contributed by atoms with van der Waals surface area (Å²) in [5.74, 6) is 0.996. The highest BCUT2D eigenvalue weighted by atomic mass is 19.1. The van der Waals surface area contributed by atoms with Crippen LogP contribution in [0.2, 0.25) is 0 Å². The molecule has 184 valence electrons. The van der Waals surface area contributed by atoms with Crippen LogP contribution in [0.3, 0.4) is 0 Å². The molecule has 1 aliphatic rings. The molecule has 2 aromatic rings. The van der Waals surface area contributed by atoms with Crippen LogP contribution in [0.4, 0.5) is 4.39 Å². The summed E-state index contributed by atoms with van der Waals surface area (Å²) in [6.45, 7) is 18.3. The van der Waals surface area contributed by atoms with Crippen molar-refractivity contribution in [2.24, 2.45) is 10.9 Å². The lowest BCUT2D eigenvalue weighted by molar-refractivity contribution is 0.0909. The van der Waals surface area contributed by atoms with E-state index in [4.69, 9.17) is 4.99 Å². The predicted octanol–water partition coefficient (Wildman–Crippen LogP) is 7.61. The zero-order valence-corrected chi connectivity index (χ0v) is 21.8. The number of likely N-dealkylation sites (tertiary alicyclic amines) is 1. The van der Waals surface area contributed by atoms with Crippen molar-refractivity contribution >= 4 is 11.6 Å². The van der Waals surface area contributed by atoms with E-state index < -0.39 is 0 Å². The van der Waals surface area contributed by atoms with E-state index in [1.165, 1.54) is 17.7 Å². The molecule has 1 saturated heterocycles. The molecule has 1 aliphatic heterocycles. The summed E-state index contributed by atoms with van der Waals surface area (Å²) in [5.41, 5.74) is 3.89. The number of rotatable bonds is 5. The van der Waals surface area contributed by atoms with Gasteiger partial charge in [0.15, 0.2) is 5.78 Å². The summed E-state index contributed by atoms with van der Waals surface area (Å²) < 4.78 is 13.1. The fourth-order valence-electron chi connectivity index (χ4n) is 4.23. The van der Waals surface area contributed by atoms with Gasteiger partial charge in [-0.3, -0.25) is 4.79 Å². The fourth-order valence-corrected chi connectivity index (χ4v) is 4.23. The lowest BCUT2D eigenvalue weighted by Gasteiger charge is -2.22. The predicted molar refractivity (Wildman–Crippen MR) is 142 cm³/mol. The number of amidine groups is 1. The number of allylic oxidation sites excluding steroid dienone is 1. The molecule has 0 N–H and O–H groups in total. The van der Waals surface area contributed by atoms with Crippen LogP contribution in [-0.2, 0) is 11.8 Å². The Kier molecular flexibility index (Phi) is 10.2. The lowest BCUT2D eigenvalue weighted by Crippen LogP contribution is -2.30. The average molecular weight is 465 g/mol. The summed E-state index contributed by atoms with van der Waals surface area (Å²) in [6, 6.07) is 14.6. The highest BCUT2D eigenvalue weighted by Gasteiger charge is 2.25. The van der Waals surface area contributed by atoms with Crippen molar-refractivity contribution in [2.45, 2.75) is 72.6 Å². The maximum absolute atomic E-state index is 13.1. The average Bonchev–Trinajstić information content (AvgIpc) is 3.07. The highest BCUT2D eigenvalue weighted by molar-refractivity contribution is 5.98. The Labute approximate surface area is 205 Å². The van der Waals surface area contributed by atoms with E-state index in [1.807, 2.05) is 32.9 Å². The topological polar surface area (TPSA) is 32.7 Å². The first-order valence-electron chi connectivity index (χ1n) is 12.5. The number of nitrogens with zero attached hydrogens (tertiary/aromatic N) is 2. The molecule has 3 nitrogen and oxygen atoms in total. The minimum atomic E-state index is -0.238. The van der Waals surface area contributed by atoms with Crippen molar-refractivity contribution in [1.29, 1.82) is 0 Å². The molecule has 1 unspecified atom stereocenters. The number of Topliss-reactive ketones (excluding diaryl/α,β-unsaturated/α-hetero) is 1. The maximum atomic E-state index is 13.1. The minimum Gasteiger partial charge on any atom is -0.360 e. The Balaban J connectivity index is 0.00000199. The smallest absolute Gasteiger partial charge is 0.166 e. The van der Waals surface area contributed by atoms with E-state index in [1.54, 1.807) is 12.1 Å². The largest absolute Gasteiger partial charge is 0.360 e. The van der Waals surface area contributed by atoms with Crippen LogP contribution in [0.25, 0.3) is 0 Å². The van der Waals surface area contributed by atoms with Crippen LogP contribution >= 0.6 is 0 Å². The van der Waals surface area contributed by atoms with Crippen molar-refractivity contribution < 1.29 is 9.18 Å². The van der Waals surface area contributed by atoms with E-state index >= 15 is 0 Å². The Morgan fingerprint density at radius 2 is 1.65 bits per heavy atom. The van der Waals surface area contributed by atoms with Crippen molar-refractivity contribution in [3.8, 4) is 0 Å². The Bertz CT molecular complexity index is 968. The van der Waals surface area contributed by atoms with Crippen LogP contribution in [0.5, 0.6) is 0 Å². The van der Waals surface area contributed by atoms with Gasteiger partial charge in [-0.1, -0.05) is 77.6 Å². The van der Waals surface area contributed by atoms with Gasteiger partial charge in [0, 0.05) is 36.7 Å². The SMILES string of the molecule is C=C(Cc1ccc(F)cc1)N=C(C)N1CCCC(C(=O)c2ccc(C(C)(C)C)cc2)CC1.CC. The molecule has 0 amide bonds. The van der Waals surface area contributed by atoms with Gasteiger partial charge in [0.1, 0.15) is 11.7 Å². The minimum absolute atomic E-state index is 0.0516. The van der Waals surface area contributed by atoms with Crippen LogP contribution < -0.4 is 0 Å². The van der Waals surface area contributed by atoms with Gasteiger partial charge in [0.2, 0.25) is 0 Å². The molecule has 34 heavy (non-hydrogen) atoms. The van der Waals surface area contributed by atoms with E-state index in [0.717, 1.165) is 55.0 Å². The highest BCUT2D eigenvalue weighted by Crippen LogP contribution is 2.26. The zero-order chi connectivity index (χ0) is 25.3. The standard InChI is InChI=1S/C28H35FN2O.C2H6/c1-20(19-22-8-14-26(29)15-9-22)30-21(2)31-17-6-7-23(16-18-31)27(32)24-10-12-25(13-11-24)28(3,4)5;1-2/h8-15,23H,1,6-7,16-19H2,2-5H3;1-2H3. The molecular weight excluding hydrogens is 423 g/mol. The second-order valence-corrected chi connectivity index (χ2v) is 9.83. The summed E-state index contributed by atoms with van der Waals surface area (Å²) in [7, 11) is 0. The third-order valence-electron chi connectivity index (χ3n) is 6.23. The van der Waals surface area contributed by atoms with Crippen molar-refractivity contribution in [2.75, 3.05) is 13.1 Å². The molecule has 1 fully saturated rings. The zero-order valence-electron chi connectivity index (χ0n) is 21.8. The van der Waals surface area contributed by atoms with E-state index in [9.17, 15) is 9.18 Å². The molecular formula is C30H41FN2O. The lowest BCUT2D eigenvalue weighted by atomic mass is 9.85. The molecule has 1 atom stereocenters. The molecule has 0 aromatic heterocycles. The number of carbonyl (C=O) groups is 1. The molecule has 0 radical (unpaired) electrons. The third kappa shape index (κ3) is 7.93. The van der Waals surface area contributed by atoms with Crippen LogP contribution in [0.15, 0.2) is 65.8 Å². The summed E-state index contributed by atoms with van der Waals surface area (Å²) >= 11 is 0. The van der Waals surface area contributed by atoms with Crippen molar-refractivity contribution in [3.63, 3.8) is 0 Å². The van der Waals surface area contributed by atoms with E-state index in [0.29, 0.717) is 6.42 Å². The first-order valence-corrected chi connectivity index (χ1v) is 12.5. The van der Waals surface area contributed by atoms with Gasteiger partial charge in [0.25, 0.3) is 0 Å². The summed E-state index contributed by atoms with van der Waals surface area (Å²) in [6.07, 6.45) is 3.29. The molecule has 0 bridgehead atoms. The Hall–Kier alpha value is -2.75. The number of hydrogen-bond acceptors (Lipinski definition) is 2. The number of halogens is 1. The van der Waals surface area contributed by atoms with Gasteiger partial charge in [-0.25, -0.2) is 9.38 Å². The molecule has 1 heterocycles. The molecule has 0 aliphatic carbocycles.